The minimum atomic E-state index is -0.174. The van der Waals surface area contributed by atoms with Crippen LogP contribution in [-0.2, 0) is 11.4 Å². The molecule has 1 aromatic heterocycles. The van der Waals surface area contributed by atoms with Crippen molar-refractivity contribution in [1.82, 2.24) is 4.98 Å². The Hall–Kier alpha value is -2.40. The quantitative estimate of drug-likeness (QED) is 0.860. The average Bonchev–Trinajstić information content (AvgIpc) is 2.50. The van der Waals surface area contributed by atoms with E-state index < -0.39 is 0 Å². The SMILES string of the molecule is Cc1ccc(OCCC(=O)Nc2cnccc2CO)c(C)c1. The molecule has 0 aliphatic rings. The number of aliphatic hydroxyl groups excluding tert-OH is 1. The number of pyridine rings is 1. The Kier molecular flexibility index (Phi) is 5.49. The lowest BCUT2D eigenvalue weighted by Crippen LogP contribution is -2.16. The van der Waals surface area contributed by atoms with Gasteiger partial charge >= 0.3 is 0 Å². The Morgan fingerprint density at radius 3 is 2.86 bits per heavy atom. The van der Waals surface area contributed by atoms with Crippen molar-refractivity contribution in [3.63, 3.8) is 0 Å². The summed E-state index contributed by atoms with van der Waals surface area (Å²) in [5, 5.41) is 11.9. The fourth-order valence-corrected chi connectivity index (χ4v) is 2.10. The summed E-state index contributed by atoms with van der Waals surface area (Å²) in [6, 6.07) is 7.60. The molecule has 0 bridgehead atoms. The summed E-state index contributed by atoms with van der Waals surface area (Å²) >= 11 is 0. The summed E-state index contributed by atoms with van der Waals surface area (Å²) in [4.78, 5) is 15.8. The molecule has 5 nitrogen and oxygen atoms in total. The minimum Gasteiger partial charge on any atom is -0.493 e. The van der Waals surface area contributed by atoms with Crippen LogP contribution in [0, 0.1) is 13.8 Å². The highest BCUT2D eigenvalue weighted by Gasteiger charge is 2.07. The van der Waals surface area contributed by atoms with Gasteiger partial charge < -0.3 is 15.2 Å². The number of nitrogens with zero attached hydrogens (tertiary/aromatic N) is 1. The molecule has 0 aliphatic carbocycles. The number of anilines is 1. The maximum atomic E-state index is 11.9. The molecule has 0 atom stereocenters. The maximum absolute atomic E-state index is 11.9. The second-order valence-electron chi connectivity index (χ2n) is 5.11. The van der Waals surface area contributed by atoms with E-state index in [1.807, 2.05) is 32.0 Å². The molecule has 0 radical (unpaired) electrons. The molecule has 0 saturated heterocycles. The van der Waals surface area contributed by atoms with Crippen LogP contribution in [0.2, 0.25) is 0 Å². The zero-order chi connectivity index (χ0) is 15.9. The molecule has 0 unspecified atom stereocenters. The van der Waals surface area contributed by atoms with Gasteiger partial charge in [-0.15, -0.1) is 0 Å². The van der Waals surface area contributed by atoms with Crippen molar-refractivity contribution < 1.29 is 14.6 Å². The standard InChI is InChI=1S/C17H20N2O3/c1-12-3-4-16(13(2)9-12)22-8-6-17(21)19-15-10-18-7-5-14(15)11-20/h3-5,7,9-10,20H,6,8,11H2,1-2H3,(H,19,21). The predicted molar refractivity (Wildman–Crippen MR) is 84.8 cm³/mol. The van der Waals surface area contributed by atoms with Crippen LogP contribution < -0.4 is 10.1 Å². The molecule has 5 heteroatoms. The van der Waals surface area contributed by atoms with Crippen LogP contribution in [0.15, 0.2) is 36.7 Å². The largest absolute Gasteiger partial charge is 0.493 e. The summed E-state index contributed by atoms with van der Waals surface area (Å²) in [5.74, 6) is 0.614. The first-order chi connectivity index (χ1) is 10.6. The fourth-order valence-electron chi connectivity index (χ4n) is 2.10. The normalized spacial score (nSPS) is 10.3. The van der Waals surface area contributed by atoms with Gasteiger partial charge in [-0.2, -0.15) is 0 Å². The van der Waals surface area contributed by atoms with Crippen molar-refractivity contribution in [1.29, 1.82) is 0 Å². The minimum absolute atomic E-state index is 0.142. The number of amides is 1. The smallest absolute Gasteiger partial charge is 0.227 e. The molecule has 1 aromatic carbocycles. The number of aryl methyl sites for hydroxylation is 2. The van der Waals surface area contributed by atoms with Gasteiger partial charge in [0, 0.05) is 11.8 Å². The van der Waals surface area contributed by atoms with Crippen molar-refractivity contribution in [2.24, 2.45) is 0 Å². The van der Waals surface area contributed by atoms with Crippen LogP contribution in [0.1, 0.15) is 23.1 Å². The Labute approximate surface area is 130 Å². The first-order valence-electron chi connectivity index (χ1n) is 7.14. The van der Waals surface area contributed by atoms with E-state index >= 15 is 0 Å². The number of benzene rings is 1. The number of aliphatic hydroxyl groups is 1. The lowest BCUT2D eigenvalue weighted by atomic mass is 10.1. The van der Waals surface area contributed by atoms with E-state index in [0.717, 1.165) is 11.3 Å². The van der Waals surface area contributed by atoms with Gasteiger partial charge in [-0.1, -0.05) is 17.7 Å². The van der Waals surface area contributed by atoms with Crippen molar-refractivity contribution in [3.8, 4) is 5.75 Å². The molecular weight excluding hydrogens is 280 g/mol. The van der Waals surface area contributed by atoms with Gasteiger partial charge in [-0.25, -0.2) is 0 Å². The number of rotatable bonds is 6. The zero-order valence-electron chi connectivity index (χ0n) is 12.8. The van der Waals surface area contributed by atoms with Crippen LogP contribution in [0.5, 0.6) is 5.75 Å². The molecule has 22 heavy (non-hydrogen) atoms. The summed E-state index contributed by atoms with van der Waals surface area (Å²) in [6.45, 7) is 4.16. The predicted octanol–water partition coefficient (Wildman–Crippen LogP) is 2.60. The van der Waals surface area contributed by atoms with Crippen LogP contribution in [0.3, 0.4) is 0 Å². The van der Waals surface area contributed by atoms with Gasteiger partial charge in [0.1, 0.15) is 5.75 Å². The van der Waals surface area contributed by atoms with E-state index in [-0.39, 0.29) is 18.9 Å². The Morgan fingerprint density at radius 2 is 2.14 bits per heavy atom. The number of aromatic nitrogens is 1. The van der Waals surface area contributed by atoms with E-state index in [1.54, 1.807) is 12.3 Å². The topological polar surface area (TPSA) is 71.5 Å². The number of nitrogens with one attached hydrogen (secondary N) is 1. The second-order valence-corrected chi connectivity index (χ2v) is 5.11. The maximum Gasteiger partial charge on any atom is 0.227 e. The highest BCUT2D eigenvalue weighted by molar-refractivity contribution is 5.91. The van der Waals surface area contributed by atoms with Gasteiger partial charge in [-0.3, -0.25) is 9.78 Å². The van der Waals surface area contributed by atoms with Crippen molar-refractivity contribution in [2.45, 2.75) is 26.9 Å². The van der Waals surface area contributed by atoms with Crippen LogP contribution in [0.25, 0.3) is 0 Å². The van der Waals surface area contributed by atoms with Gasteiger partial charge in [0.05, 0.1) is 31.5 Å². The highest BCUT2D eigenvalue weighted by Crippen LogP contribution is 2.19. The molecule has 2 rings (SSSR count). The highest BCUT2D eigenvalue weighted by atomic mass is 16.5. The second kappa shape index (κ2) is 7.56. The number of ether oxygens (including phenoxy) is 1. The third-order valence-electron chi connectivity index (χ3n) is 3.27. The molecule has 1 amide bonds. The van der Waals surface area contributed by atoms with Crippen molar-refractivity contribution in [2.75, 3.05) is 11.9 Å². The van der Waals surface area contributed by atoms with Gasteiger partial charge in [-0.05, 0) is 31.5 Å². The van der Waals surface area contributed by atoms with E-state index in [0.29, 0.717) is 17.9 Å². The van der Waals surface area contributed by atoms with Gasteiger partial charge in [0.25, 0.3) is 0 Å². The van der Waals surface area contributed by atoms with Crippen LogP contribution in [0.4, 0.5) is 5.69 Å². The van der Waals surface area contributed by atoms with E-state index in [2.05, 4.69) is 10.3 Å². The lowest BCUT2D eigenvalue weighted by Gasteiger charge is -2.11. The number of hydrogen-bond acceptors (Lipinski definition) is 4. The van der Waals surface area contributed by atoms with Crippen LogP contribution >= 0.6 is 0 Å². The van der Waals surface area contributed by atoms with E-state index in [4.69, 9.17) is 4.74 Å². The van der Waals surface area contributed by atoms with Gasteiger partial charge in [0.15, 0.2) is 0 Å². The number of carbonyl (C=O) groups excluding carboxylic acids is 1. The summed E-state index contributed by atoms with van der Waals surface area (Å²) in [7, 11) is 0. The first kappa shape index (κ1) is 16.0. The first-order valence-corrected chi connectivity index (χ1v) is 7.14. The van der Waals surface area contributed by atoms with Gasteiger partial charge in [0.2, 0.25) is 5.91 Å². The lowest BCUT2D eigenvalue weighted by molar-refractivity contribution is -0.116. The Bertz CT molecular complexity index is 656. The molecule has 1 heterocycles. The molecular formula is C17H20N2O3. The number of carbonyl (C=O) groups is 1. The third kappa shape index (κ3) is 4.30. The molecule has 0 fully saturated rings. The molecule has 0 saturated carbocycles. The average molecular weight is 300 g/mol. The summed E-state index contributed by atoms with van der Waals surface area (Å²) in [5.41, 5.74) is 3.39. The molecule has 2 N–H and O–H groups in total. The molecule has 0 aliphatic heterocycles. The Balaban J connectivity index is 1.85. The Morgan fingerprint density at radius 1 is 1.32 bits per heavy atom. The summed E-state index contributed by atoms with van der Waals surface area (Å²) in [6.07, 6.45) is 3.33. The van der Waals surface area contributed by atoms with E-state index in [9.17, 15) is 9.90 Å². The fraction of sp³-hybridized carbons (Fsp3) is 0.294. The number of hydrogen-bond donors (Lipinski definition) is 2. The van der Waals surface area contributed by atoms with Crippen molar-refractivity contribution in [3.05, 3.63) is 53.3 Å². The molecule has 116 valence electrons. The zero-order valence-corrected chi connectivity index (χ0v) is 12.8. The third-order valence-corrected chi connectivity index (χ3v) is 3.27. The molecule has 2 aromatic rings. The van der Waals surface area contributed by atoms with Crippen LogP contribution in [-0.4, -0.2) is 22.6 Å². The molecule has 0 spiro atoms. The van der Waals surface area contributed by atoms with E-state index in [1.165, 1.54) is 11.8 Å². The van der Waals surface area contributed by atoms with Crippen molar-refractivity contribution >= 4 is 11.6 Å². The monoisotopic (exact) mass is 300 g/mol. The summed E-state index contributed by atoms with van der Waals surface area (Å²) < 4.78 is 5.63.